The number of hydrogen-bond acceptors (Lipinski definition) is 5. The molecular formula is C28H26Cl2FN3O4. The summed E-state index contributed by atoms with van der Waals surface area (Å²) in [6, 6.07) is 12.6. The van der Waals surface area contributed by atoms with Crippen molar-refractivity contribution < 1.29 is 23.6 Å². The van der Waals surface area contributed by atoms with Crippen LogP contribution in [0.25, 0.3) is 22.2 Å². The van der Waals surface area contributed by atoms with Crippen molar-refractivity contribution in [3.63, 3.8) is 0 Å². The maximum absolute atomic E-state index is 16.1. The monoisotopic (exact) mass is 557 g/mol. The fraction of sp³-hybridized carbons (Fsp3) is 0.357. The van der Waals surface area contributed by atoms with E-state index in [0.717, 1.165) is 18.4 Å². The number of fused-ring (bicyclic) bond motifs is 1. The Balaban J connectivity index is 1.23. The van der Waals surface area contributed by atoms with Crippen molar-refractivity contribution in [2.75, 3.05) is 24.6 Å². The summed E-state index contributed by atoms with van der Waals surface area (Å²) in [5.74, 6) is 0.767. The van der Waals surface area contributed by atoms with Gasteiger partial charge in [0.2, 0.25) is 0 Å². The highest BCUT2D eigenvalue weighted by molar-refractivity contribution is 6.39. The lowest BCUT2D eigenvalue weighted by Crippen LogP contribution is -2.46. The Labute approximate surface area is 228 Å². The van der Waals surface area contributed by atoms with E-state index in [2.05, 4.69) is 5.16 Å². The first-order valence-corrected chi connectivity index (χ1v) is 13.3. The number of carboxylic acid groups (broad SMARTS) is 1. The molecule has 4 aromatic rings. The van der Waals surface area contributed by atoms with E-state index in [1.807, 2.05) is 34.7 Å². The zero-order valence-corrected chi connectivity index (χ0v) is 22.2. The van der Waals surface area contributed by atoms with Crippen molar-refractivity contribution in [2.45, 2.75) is 37.3 Å². The first-order valence-electron chi connectivity index (χ1n) is 12.6. The summed E-state index contributed by atoms with van der Waals surface area (Å²) < 4.78 is 29.7. The van der Waals surface area contributed by atoms with Gasteiger partial charge in [-0.1, -0.05) is 52.6 Å². The molecule has 0 atom stereocenters. The second-order valence-electron chi connectivity index (χ2n) is 10.1. The van der Waals surface area contributed by atoms with E-state index in [1.54, 1.807) is 24.3 Å². The molecule has 2 fully saturated rings. The number of nitrogens with zero attached hydrogens (tertiary/aromatic N) is 3. The molecule has 1 N–H and O–H groups in total. The number of aromatic nitrogens is 2. The number of carboxylic acids is 1. The average Bonchev–Trinajstić information content (AvgIpc) is 3.59. The van der Waals surface area contributed by atoms with E-state index < -0.39 is 11.6 Å². The molecule has 2 aromatic carbocycles. The molecule has 6 rings (SSSR count). The Hall–Kier alpha value is -3.23. The molecule has 1 aliphatic heterocycles. The van der Waals surface area contributed by atoms with E-state index in [0.29, 0.717) is 57.1 Å². The molecule has 2 aliphatic rings. The van der Waals surface area contributed by atoms with Crippen molar-refractivity contribution in [1.29, 1.82) is 0 Å². The SMILES string of the molecule is Cn1c(N2CCC(F)(COc3c(-c4c(Cl)cccc4Cl)noc3C3CC3)CC2)c(C(=O)O)c2ccccc21. The molecule has 0 bridgehead atoms. The van der Waals surface area contributed by atoms with Crippen molar-refractivity contribution >= 4 is 45.9 Å². The minimum Gasteiger partial charge on any atom is -0.484 e. The first kappa shape index (κ1) is 25.1. The summed E-state index contributed by atoms with van der Waals surface area (Å²) in [5, 5.41) is 15.7. The highest BCUT2D eigenvalue weighted by Crippen LogP contribution is 2.50. The van der Waals surface area contributed by atoms with Crippen molar-refractivity contribution in [3.05, 3.63) is 63.8 Å². The lowest BCUT2D eigenvalue weighted by Gasteiger charge is -2.37. The number of carbonyl (C=O) groups is 1. The Bertz CT molecular complexity index is 1520. The molecule has 2 aromatic heterocycles. The molecule has 198 valence electrons. The number of piperidine rings is 1. The summed E-state index contributed by atoms with van der Waals surface area (Å²) in [4.78, 5) is 14.1. The van der Waals surface area contributed by atoms with Gasteiger partial charge in [-0.3, -0.25) is 0 Å². The summed E-state index contributed by atoms with van der Waals surface area (Å²) in [7, 11) is 1.84. The normalized spacial score (nSPS) is 17.2. The van der Waals surface area contributed by atoms with E-state index >= 15 is 4.39 Å². The lowest BCUT2D eigenvalue weighted by atomic mass is 9.94. The Morgan fingerprint density at radius 2 is 1.84 bits per heavy atom. The van der Waals surface area contributed by atoms with Gasteiger partial charge in [-0.15, -0.1) is 0 Å². The van der Waals surface area contributed by atoms with Crippen LogP contribution < -0.4 is 9.64 Å². The molecule has 1 saturated heterocycles. The van der Waals surface area contributed by atoms with Crippen LogP contribution in [0.1, 0.15) is 47.7 Å². The number of para-hydroxylation sites is 1. The largest absolute Gasteiger partial charge is 0.484 e. The van der Waals surface area contributed by atoms with Crippen molar-refractivity contribution in [3.8, 4) is 17.0 Å². The van der Waals surface area contributed by atoms with Gasteiger partial charge < -0.3 is 23.8 Å². The molecular weight excluding hydrogens is 532 g/mol. The molecule has 0 spiro atoms. The van der Waals surface area contributed by atoms with Gasteiger partial charge in [-0.2, -0.15) is 0 Å². The molecule has 38 heavy (non-hydrogen) atoms. The predicted octanol–water partition coefficient (Wildman–Crippen LogP) is 7.10. The number of ether oxygens (including phenoxy) is 1. The van der Waals surface area contributed by atoms with Gasteiger partial charge in [-0.05, 0) is 31.0 Å². The smallest absolute Gasteiger partial charge is 0.340 e. The molecule has 10 heteroatoms. The highest BCUT2D eigenvalue weighted by Gasteiger charge is 2.40. The van der Waals surface area contributed by atoms with E-state index in [9.17, 15) is 9.90 Å². The van der Waals surface area contributed by atoms with Crippen LogP contribution >= 0.6 is 23.2 Å². The van der Waals surface area contributed by atoms with Gasteiger partial charge in [0.05, 0.1) is 15.6 Å². The summed E-state index contributed by atoms with van der Waals surface area (Å²) in [6.45, 7) is 0.525. The Morgan fingerprint density at radius 3 is 2.50 bits per heavy atom. The zero-order valence-electron chi connectivity index (χ0n) is 20.7. The van der Waals surface area contributed by atoms with Crippen LogP contribution in [-0.2, 0) is 7.05 Å². The Morgan fingerprint density at radius 1 is 1.16 bits per heavy atom. The zero-order chi connectivity index (χ0) is 26.6. The van der Waals surface area contributed by atoms with Crippen LogP contribution in [0, 0.1) is 0 Å². The van der Waals surface area contributed by atoms with Crippen molar-refractivity contribution in [1.82, 2.24) is 9.72 Å². The average molecular weight is 558 g/mol. The van der Waals surface area contributed by atoms with Crippen LogP contribution in [0.15, 0.2) is 47.0 Å². The Kier molecular flexibility index (Phi) is 6.27. The van der Waals surface area contributed by atoms with Gasteiger partial charge in [-0.25, -0.2) is 9.18 Å². The molecule has 1 aliphatic carbocycles. The maximum Gasteiger partial charge on any atom is 0.340 e. The second kappa shape index (κ2) is 9.50. The number of alkyl halides is 1. The molecule has 7 nitrogen and oxygen atoms in total. The molecule has 0 unspecified atom stereocenters. The van der Waals surface area contributed by atoms with Crippen LogP contribution in [0.3, 0.4) is 0 Å². The second-order valence-corrected chi connectivity index (χ2v) is 10.9. The van der Waals surface area contributed by atoms with E-state index in [1.165, 1.54) is 0 Å². The third-order valence-electron chi connectivity index (χ3n) is 7.55. The third kappa shape index (κ3) is 4.29. The lowest BCUT2D eigenvalue weighted by molar-refractivity contribution is 0.0589. The number of aryl methyl sites for hydroxylation is 1. The fourth-order valence-electron chi connectivity index (χ4n) is 5.35. The van der Waals surface area contributed by atoms with Gasteiger partial charge in [0.15, 0.2) is 17.2 Å². The van der Waals surface area contributed by atoms with Crippen LogP contribution in [0.4, 0.5) is 10.2 Å². The topological polar surface area (TPSA) is 80.7 Å². The number of anilines is 1. The molecule has 0 amide bonds. The van der Waals surface area contributed by atoms with Crippen LogP contribution in [0.5, 0.6) is 5.75 Å². The van der Waals surface area contributed by atoms with E-state index in [-0.39, 0.29) is 30.9 Å². The van der Waals surface area contributed by atoms with Crippen LogP contribution in [-0.4, -0.2) is 46.2 Å². The summed E-state index contributed by atoms with van der Waals surface area (Å²) >= 11 is 12.8. The molecule has 0 radical (unpaired) electrons. The fourth-order valence-corrected chi connectivity index (χ4v) is 5.93. The number of aromatic carboxylic acids is 1. The molecule has 3 heterocycles. The van der Waals surface area contributed by atoms with Gasteiger partial charge in [0.1, 0.15) is 23.7 Å². The van der Waals surface area contributed by atoms with Gasteiger partial charge >= 0.3 is 5.97 Å². The van der Waals surface area contributed by atoms with Gasteiger partial charge in [0.25, 0.3) is 0 Å². The standard InChI is InChI=1S/C28H26Cl2FN3O4/c1-33-20-8-3-2-5-17(20)21(27(35)36)26(33)34-13-11-28(31,12-14-34)15-37-25-23(32-38-24(25)16-9-10-16)22-18(29)6-4-7-19(22)30/h2-8,16H,9-15H2,1H3,(H,35,36). The van der Waals surface area contributed by atoms with Gasteiger partial charge in [0, 0.05) is 49.8 Å². The maximum atomic E-state index is 16.1. The minimum atomic E-state index is -1.61. The number of rotatable bonds is 7. The first-order chi connectivity index (χ1) is 18.3. The quantitative estimate of drug-likeness (QED) is 0.261. The minimum absolute atomic E-state index is 0.180. The summed E-state index contributed by atoms with van der Waals surface area (Å²) in [6.07, 6.45) is 2.27. The third-order valence-corrected chi connectivity index (χ3v) is 8.18. The highest BCUT2D eigenvalue weighted by atomic mass is 35.5. The summed E-state index contributed by atoms with van der Waals surface area (Å²) in [5.41, 5.74) is 0.340. The van der Waals surface area contributed by atoms with E-state index in [4.69, 9.17) is 32.5 Å². The number of halogens is 3. The molecule has 1 saturated carbocycles. The van der Waals surface area contributed by atoms with Crippen molar-refractivity contribution in [2.24, 2.45) is 7.05 Å². The predicted molar refractivity (Wildman–Crippen MR) is 145 cm³/mol. The number of benzene rings is 2. The number of hydrogen-bond donors (Lipinski definition) is 1. The van der Waals surface area contributed by atoms with Crippen LogP contribution in [0.2, 0.25) is 10.0 Å².